The largest absolute Gasteiger partial charge is 0.506 e. The number of carboxylic acid groups (broad SMARTS) is 1. The maximum absolute atomic E-state index is 14.3. The zero-order valence-corrected chi connectivity index (χ0v) is 12.9. The van der Waals surface area contributed by atoms with Crippen LogP contribution in [0.3, 0.4) is 0 Å². The number of pyridine rings is 1. The molecule has 116 valence electrons. The molecule has 0 spiro atoms. The number of aromatic nitrogens is 1. The van der Waals surface area contributed by atoms with Gasteiger partial charge >= 0.3 is 5.97 Å². The summed E-state index contributed by atoms with van der Waals surface area (Å²) in [6, 6.07) is 6.92. The third kappa shape index (κ3) is 2.69. The first-order valence-corrected chi connectivity index (χ1v) is 7.14. The van der Waals surface area contributed by atoms with Crippen LogP contribution in [0.25, 0.3) is 22.0 Å². The number of aromatic hydroxyl groups is 1. The van der Waals surface area contributed by atoms with Crippen LogP contribution in [0.4, 0.5) is 4.39 Å². The zero-order valence-electron chi connectivity index (χ0n) is 11.3. The van der Waals surface area contributed by atoms with Gasteiger partial charge in [0.2, 0.25) is 0 Å². The molecule has 3 rings (SSSR count). The first kappa shape index (κ1) is 15.5. The second-order valence-electron chi connectivity index (χ2n) is 4.80. The summed E-state index contributed by atoms with van der Waals surface area (Å²) in [6.07, 6.45) is 0.981. The number of benzene rings is 2. The van der Waals surface area contributed by atoms with Gasteiger partial charge in [-0.3, -0.25) is 4.98 Å². The molecule has 0 saturated carbocycles. The van der Waals surface area contributed by atoms with Crippen molar-refractivity contribution in [1.29, 1.82) is 0 Å². The molecule has 3 aromatic rings. The Bertz CT molecular complexity index is 939. The van der Waals surface area contributed by atoms with Crippen LogP contribution in [0.15, 0.2) is 36.5 Å². The predicted molar refractivity (Wildman–Crippen MR) is 85.8 cm³/mol. The lowest BCUT2D eigenvalue weighted by Crippen LogP contribution is -2.00. The average molecular weight is 352 g/mol. The molecule has 0 fully saturated rings. The molecule has 0 aliphatic carbocycles. The van der Waals surface area contributed by atoms with Crippen molar-refractivity contribution in [2.75, 3.05) is 0 Å². The molecule has 0 saturated heterocycles. The van der Waals surface area contributed by atoms with Gasteiger partial charge in [-0.25, -0.2) is 9.18 Å². The van der Waals surface area contributed by atoms with Crippen molar-refractivity contribution in [3.05, 3.63) is 58.0 Å². The molecule has 0 atom stereocenters. The van der Waals surface area contributed by atoms with Crippen molar-refractivity contribution in [3.63, 3.8) is 0 Å². The minimum absolute atomic E-state index is 0.0825. The van der Waals surface area contributed by atoms with Crippen molar-refractivity contribution >= 4 is 40.1 Å². The van der Waals surface area contributed by atoms with E-state index in [4.69, 9.17) is 28.3 Å². The van der Waals surface area contributed by atoms with Crippen molar-refractivity contribution in [3.8, 4) is 16.9 Å². The van der Waals surface area contributed by atoms with Gasteiger partial charge in [0.15, 0.2) is 0 Å². The number of fused-ring (bicyclic) bond motifs is 1. The second-order valence-corrected chi connectivity index (χ2v) is 5.68. The quantitative estimate of drug-likeness (QED) is 0.698. The summed E-state index contributed by atoms with van der Waals surface area (Å²) < 4.78 is 14.3. The van der Waals surface area contributed by atoms with Crippen LogP contribution in [0.1, 0.15) is 10.4 Å². The van der Waals surface area contributed by atoms with Gasteiger partial charge < -0.3 is 10.2 Å². The fraction of sp³-hybridized carbons (Fsp3) is 0. The van der Waals surface area contributed by atoms with Gasteiger partial charge in [0.25, 0.3) is 0 Å². The van der Waals surface area contributed by atoms with Crippen LogP contribution >= 0.6 is 23.2 Å². The van der Waals surface area contributed by atoms with Gasteiger partial charge in [-0.15, -0.1) is 0 Å². The Labute approximate surface area is 139 Å². The Morgan fingerprint density at radius 3 is 2.39 bits per heavy atom. The van der Waals surface area contributed by atoms with Gasteiger partial charge in [-0.05, 0) is 35.9 Å². The molecule has 0 amide bonds. The van der Waals surface area contributed by atoms with Gasteiger partial charge in [-0.2, -0.15) is 0 Å². The van der Waals surface area contributed by atoms with Crippen LogP contribution in [-0.2, 0) is 0 Å². The van der Waals surface area contributed by atoms with E-state index >= 15 is 0 Å². The summed E-state index contributed by atoms with van der Waals surface area (Å²) in [5.74, 6) is -2.39. The van der Waals surface area contributed by atoms with E-state index in [-0.39, 0.29) is 22.0 Å². The standard InChI is InChI=1S/C16H8Cl2FNO3/c17-8-3-7(4-9(18)5-8)13-12(19)2-1-10-14(13)20-6-11(15(10)21)16(22)23/h1-6H,(H,20,21)(H,22,23). The molecule has 2 N–H and O–H groups in total. The number of rotatable bonds is 2. The number of halogens is 3. The van der Waals surface area contributed by atoms with Crippen molar-refractivity contribution < 1.29 is 19.4 Å². The van der Waals surface area contributed by atoms with Crippen molar-refractivity contribution in [1.82, 2.24) is 4.98 Å². The highest BCUT2D eigenvalue weighted by Crippen LogP contribution is 2.37. The van der Waals surface area contributed by atoms with Crippen LogP contribution in [0.5, 0.6) is 5.75 Å². The van der Waals surface area contributed by atoms with Gasteiger partial charge in [0.05, 0.1) is 5.52 Å². The van der Waals surface area contributed by atoms with Gasteiger partial charge in [-0.1, -0.05) is 23.2 Å². The minimum atomic E-state index is -1.33. The van der Waals surface area contributed by atoms with E-state index in [1.807, 2.05) is 0 Å². The fourth-order valence-corrected chi connectivity index (χ4v) is 2.88. The second kappa shape index (κ2) is 5.68. The molecule has 23 heavy (non-hydrogen) atoms. The lowest BCUT2D eigenvalue weighted by Gasteiger charge is -2.11. The Hall–Kier alpha value is -2.37. The molecule has 7 heteroatoms. The molecule has 0 unspecified atom stereocenters. The summed E-state index contributed by atoms with van der Waals surface area (Å²) in [4.78, 5) is 15.1. The summed E-state index contributed by atoms with van der Waals surface area (Å²) >= 11 is 11.9. The summed E-state index contributed by atoms with van der Waals surface area (Å²) in [7, 11) is 0. The highest BCUT2D eigenvalue weighted by atomic mass is 35.5. The lowest BCUT2D eigenvalue weighted by molar-refractivity contribution is 0.0693. The Morgan fingerprint density at radius 2 is 1.78 bits per heavy atom. The first-order chi connectivity index (χ1) is 10.9. The Morgan fingerprint density at radius 1 is 1.13 bits per heavy atom. The van der Waals surface area contributed by atoms with E-state index in [0.717, 1.165) is 12.3 Å². The molecule has 1 heterocycles. The van der Waals surface area contributed by atoms with Gasteiger partial charge in [0, 0.05) is 27.2 Å². The number of carbonyl (C=O) groups is 1. The Kier molecular flexibility index (Phi) is 3.83. The molecule has 0 radical (unpaired) electrons. The number of carboxylic acids is 1. The van der Waals surface area contributed by atoms with E-state index in [1.165, 1.54) is 24.3 Å². The first-order valence-electron chi connectivity index (χ1n) is 6.38. The number of nitrogens with zero attached hydrogens (tertiary/aromatic N) is 1. The van der Waals surface area contributed by atoms with E-state index in [1.54, 1.807) is 0 Å². The van der Waals surface area contributed by atoms with Crippen LogP contribution in [0.2, 0.25) is 10.0 Å². The normalized spacial score (nSPS) is 10.9. The monoisotopic (exact) mass is 351 g/mol. The summed E-state index contributed by atoms with van der Waals surface area (Å²) in [6.45, 7) is 0. The fourth-order valence-electron chi connectivity index (χ4n) is 2.36. The van der Waals surface area contributed by atoms with E-state index < -0.39 is 17.5 Å². The molecule has 0 aliphatic rings. The molecule has 4 nitrogen and oxygen atoms in total. The van der Waals surface area contributed by atoms with Crippen molar-refractivity contribution in [2.45, 2.75) is 0 Å². The van der Waals surface area contributed by atoms with Crippen molar-refractivity contribution in [2.24, 2.45) is 0 Å². The van der Waals surface area contributed by atoms with E-state index in [0.29, 0.717) is 15.6 Å². The third-order valence-corrected chi connectivity index (χ3v) is 3.78. The summed E-state index contributed by atoms with van der Waals surface area (Å²) in [5, 5.41) is 19.9. The van der Waals surface area contributed by atoms with Gasteiger partial charge in [0.1, 0.15) is 17.1 Å². The summed E-state index contributed by atoms with van der Waals surface area (Å²) in [5.41, 5.74) is 0.213. The van der Waals surface area contributed by atoms with E-state index in [2.05, 4.69) is 4.98 Å². The van der Waals surface area contributed by atoms with Crippen LogP contribution < -0.4 is 0 Å². The van der Waals surface area contributed by atoms with Crippen LogP contribution in [0, 0.1) is 5.82 Å². The maximum atomic E-state index is 14.3. The molecular formula is C16H8Cl2FNO3. The van der Waals surface area contributed by atoms with E-state index in [9.17, 15) is 14.3 Å². The Balaban J connectivity index is 2.39. The molecule has 0 aliphatic heterocycles. The predicted octanol–water partition coefficient (Wildman–Crippen LogP) is 4.75. The third-order valence-electron chi connectivity index (χ3n) is 3.34. The zero-order chi connectivity index (χ0) is 16.7. The van der Waals surface area contributed by atoms with Crippen LogP contribution in [-0.4, -0.2) is 21.2 Å². The average Bonchev–Trinajstić information content (AvgIpc) is 2.45. The highest BCUT2D eigenvalue weighted by molar-refractivity contribution is 6.35. The molecule has 0 bridgehead atoms. The topological polar surface area (TPSA) is 70.4 Å². The maximum Gasteiger partial charge on any atom is 0.341 e. The molecule has 2 aromatic carbocycles. The highest BCUT2D eigenvalue weighted by Gasteiger charge is 2.19. The smallest absolute Gasteiger partial charge is 0.341 e. The SMILES string of the molecule is O=C(O)c1cnc2c(-c3cc(Cl)cc(Cl)c3)c(F)ccc2c1O. The molecule has 1 aromatic heterocycles. The number of hydrogen-bond acceptors (Lipinski definition) is 3. The molecular weight excluding hydrogens is 344 g/mol. The number of hydrogen-bond donors (Lipinski definition) is 2. The minimum Gasteiger partial charge on any atom is -0.506 e. The lowest BCUT2D eigenvalue weighted by atomic mass is 10.00. The number of aromatic carboxylic acids is 1.